The van der Waals surface area contributed by atoms with Gasteiger partial charge >= 0.3 is 0 Å². The summed E-state index contributed by atoms with van der Waals surface area (Å²) in [4.78, 5) is 18.3. The standard InChI is InChI=1S/C14H24N4O/c1-5-16-13-10-15-8-6-12(13)14(19)17-11(2)7-9-18(3)4/h6,8,10-11,16H,5,7,9H2,1-4H3,(H,17,19). The van der Waals surface area contributed by atoms with Gasteiger partial charge in [-0.25, -0.2) is 0 Å². The molecule has 0 aromatic carbocycles. The molecule has 19 heavy (non-hydrogen) atoms. The van der Waals surface area contributed by atoms with E-state index in [0.717, 1.165) is 25.2 Å². The first-order valence-electron chi connectivity index (χ1n) is 6.68. The van der Waals surface area contributed by atoms with Gasteiger partial charge in [-0.05, 0) is 47.0 Å². The predicted octanol–water partition coefficient (Wildman–Crippen LogP) is 1.58. The van der Waals surface area contributed by atoms with Crippen LogP contribution in [-0.2, 0) is 0 Å². The molecule has 1 amide bonds. The molecule has 1 unspecified atom stereocenters. The van der Waals surface area contributed by atoms with Crippen LogP contribution in [0.15, 0.2) is 18.5 Å². The molecule has 5 nitrogen and oxygen atoms in total. The molecule has 0 aliphatic carbocycles. The van der Waals surface area contributed by atoms with Crippen LogP contribution >= 0.6 is 0 Å². The lowest BCUT2D eigenvalue weighted by Gasteiger charge is -2.17. The molecule has 5 heteroatoms. The van der Waals surface area contributed by atoms with Gasteiger partial charge in [-0.15, -0.1) is 0 Å². The summed E-state index contributed by atoms with van der Waals surface area (Å²) in [7, 11) is 4.06. The Balaban J connectivity index is 2.62. The van der Waals surface area contributed by atoms with E-state index < -0.39 is 0 Å². The smallest absolute Gasteiger partial charge is 0.253 e. The third-order valence-electron chi connectivity index (χ3n) is 2.82. The van der Waals surface area contributed by atoms with Crippen molar-refractivity contribution in [2.75, 3.05) is 32.5 Å². The highest BCUT2D eigenvalue weighted by molar-refractivity contribution is 5.99. The van der Waals surface area contributed by atoms with Crippen LogP contribution in [-0.4, -0.2) is 49.0 Å². The van der Waals surface area contributed by atoms with Crippen LogP contribution in [0, 0.1) is 0 Å². The first-order valence-corrected chi connectivity index (χ1v) is 6.68. The molecular weight excluding hydrogens is 240 g/mol. The summed E-state index contributed by atoms with van der Waals surface area (Å²) in [5.74, 6) is -0.0513. The lowest BCUT2D eigenvalue weighted by molar-refractivity contribution is 0.0937. The molecule has 0 radical (unpaired) electrons. The fraction of sp³-hybridized carbons (Fsp3) is 0.571. The number of hydrogen-bond acceptors (Lipinski definition) is 4. The van der Waals surface area contributed by atoms with Crippen molar-refractivity contribution in [3.05, 3.63) is 24.0 Å². The maximum absolute atomic E-state index is 12.2. The average Bonchev–Trinajstić information content (AvgIpc) is 2.37. The second-order valence-corrected chi connectivity index (χ2v) is 4.92. The zero-order valence-electron chi connectivity index (χ0n) is 12.2. The summed E-state index contributed by atoms with van der Waals surface area (Å²) in [6, 6.07) is 1.89. The summed E-state index contributed by atoms with van der Waals surface area (Å²) in [6.45, 7) is 5.74. The van der Waals surface area contributed by atoms with Crippen molar-refractivity contribution in [2.24, 2.45) is 0 Å². The summed E-state index contributed by atoms with van der Waals surface area (Å²) in [5, 5.41) is 6.17. The predicted molar refractivity (Wildman–Crippen MR) is 78.5 cm³/mol. The van der Waals surface area contributed by atoms with Gasteiger partial charge in [0.2, 0.25) is 0 Å². The minimum absolute atomic E-state index is 0.0513. The van der Waals surface area contributed by atoms with Crippen LogP contribution in [0.3, 0.4) is 0 Å². The Morgan fingerprint density at radius 1 is 1.47 bits per heavy atom. The third kappa shape index (κ3) is 5.26. The van der Waals surface area contributed by atoms with Crippen LogP contribution in [0.4, 0.5) is 5.69 Å². The Bertz CT molecular complexity index is 406. The molecule has 0 saturated heterocycles. The molecule has 1 heterocycles. The molecule has 0 bridgehead atoms. The number of anilines is 1. The summed E-state index contributed by atoms with van der Waals surface area (Å²) >= 11 is 0. The van der Waals surface area contributed by atoms with Crippen molar-refractivity contribution in [2.45, 2.75) is 26.3 Å². The Kier molecular flexibility index (Phi) is 6.29. The van der Waals surface area contributed by atoms with E-state index in [4.69, 9.17) is 0 Å². The Morgan fingerprint density at radius 2 is 2.21 bits per heavy atom. The highest BCUT2D eigenvalue weighted by atomic mass is 16.1. The van der Waals surface area contributed by atoms with Crippen molar-refractivity contribution < 1.29 is 4.79 Å². The van der Waals surface area contributed by atoms with Crippen molar-refractivity contribution in [3.63, 3.8) is 0 Å². The van der Waals surface area contributed by atoms with E-state index in [0.29, 0.717) is 5.56 Å². The molecule has 0 saturated carbocycles. The topological polar surface area (TPSA) is 57.3 Å². The number of nitrogens with one attached hydrogen (secondary N) is 2. The molecule has 1 aromatic rings. The van der Waals surface area contributed by atoms with Gasteiger partial charge in [0.15, 0.2) is 0 Å². The third-order valence-corrected chi connectivity index (χ3v) is 2.82. The van der Waals surface area contributed by atoms with Crippen molar-refractivity contribution in [1.29, 1.82) is 0 Å². The number of nitrogens with zero attached hydrogens (tertiary/aromatic N) is 2. The van der Waals surface area contributed by atoms with E-state index in [2.05, 4.69) is 20.5 Å². The van der Waals surface area contributed by atoms with E-state index >= 15 is 0 Å². The molecule has 0 fully saturated rings. The van der Waals surface area contributed by atoms with Gasteiger partial charge in [-0.3, -0.25) is 9.78 Å². The second-order valence-electron chi connectivity index (χ2n) is 4.92. The van der Waals surface area contributed by atoms with E-state index in [1.807, 2.05) is 27.9 Å². The minimum Gasteiger partial charge on any atom is -0.383 e. The molecule has 2 N–H and O–H groups in total. The highest BCUT2D eigenvalue weighted by Crippen LogP contribution is 2.13. The summed E-state index contributed by atoms with van der Waals surface area (Å²) < 4.78 is 0. The number of aromatic nitrogens is 1. The molecule has 0 aliphatic rings. The van der Waals surface area contributed by atoms with Crippen molar-refractivity contribution in [3.8, 4) is 0 Å². The molecule has 1 rings (SSSR count). The van der Waals surface area contributed by atoms with Gasteiger partial charge < -0.3 is 15.5 Å². The number of rotatable bonds is 7. The van der Waals surface area contributed by atoms with Gasteiger partial charge in [-0.1, -0.05) is 0 Å². The van der Waals surface area contributed by atoms with Gasteiger partial charge in [0.05, 0.1) is 17.4 Å². The maximum Gasteiger partial charge on any atom is 0.253 e. The quantitative estimate of drug-likeness (QED) is 0.785. The zero-order chi connectivity index (χ0) is 14.3. The minimum atomic E-state index is -0.0513. The molecule has 1 atom stereocenters. The van der Waals surface area contributed by atoms with E-state index in [1.54, 1.807) is 18.5 Å². The van der Waals surface area contributed by atoms with Crippen molar-refractivity contribution in [1.82, 2.24) is 15.2 Å². The van der Waals surface area contributed by atoms with E-state index in [9.17, 15) is 4.79 Å². The lowest BCUT2D eigenvalue weighted by atomic mass is 10.1. The maximum atomic E-state index is 12.2. The van der Waals surface area contributed by atoms with Crippen LogP contribution in [0.25, 0.3) is 0 Å². The van der Waals surface area contributed by atoms with Crippen LogP contribution in [0.5, 0.6) is 0 Å². The Morgan fingerprint density at radius 3 is 2.84 bits per heavy atom. The lowest BCUT2D eigenvalue weighted by Crippen LogP contribution is -2.35. The zero-order valence-corrected chi connectivity index (χ0v) is 12.2. The fourth-order valence-corrected chi connectivity index (χ4v) is 1.75. The van der Waals surface area contributed by atoms with Gasteiger partial charge in [0.25, 0.3) is 5.91 Å². The first-order chi connectivity index (χ1) is 9.04. The molecule has 1 aromatic heterocycles. The Labute approximate surface area is 115 Å². The van der Waals surface area contributed by atoms with E-state index in [1.165, 1.54) is 0 Å². The molecular formula is C14H24N4O. The molecule has 0 aliphatic heterocycles. The average molecular weight is 264 g/mol. The highest BCUT2D eigenvalue weighted by Gasteiger charge is 2.13. The monoisotopic (exact) mass is 264 g/mol. The normalized spacial score (nSPS) is 12.3. The fourth-order valence-electron chi connectivity index (χ4n) is 1.75. The molecule has 106 valence electrons. The van der Waals surface area contributed by atoms with Gasteiger partial charge in [0.1, 0.15) is 0 Å². The van der Waals surface area contributed by atoms with Crippen LogP contribution in [0.2, 0.25) is 0 Å². The number of amides is 1. The number of carbonyl (C=O) groups is 1. The second kappa shape index (κ2) is 7.74. The number of pyridine rings is 1. The SMILES string of the molecule is CCNc1cnccc1C(=O)NC(C)CCN(C)C. The van der Waals surface area contributed by atoms with Crippen LogP contribution in [0.1, 0.15) is 30.6 Å². The molecule has 0 spiro atoms. The largest absolute Gasteiger partial charge is 0.383 e. The number of carbonyl (C=O) groups excluding carboxylic acids is 1. The number of hydrogen-bond donors (Lipinski definition) is 2. The van der Waals surface area contributed by atoms with E-state index in [-0.39, 0.29) is 11.9 Å². The van der Waals surface area contributed by atoms with Crippen molar-refractivity contribution >= 4 is 11.6 Å². The van der Waals surface area contributed by atoms with Gasteiger partial charge in [-0.2, -0.15) is 0 Å². The summed E-state index contributed by atoms with van der Waals surface area (Å²) in [6.07, 6.45) is 4.25. The Hall–Kier alpha value is -1.62. The van der Waals surface area contributed by atoms with Gasteiger partial charge in [0, 0.05) is 18.8 Å². The van der Waals surface area contributed by atoms with Crippen LogP contribution < -0.4 is 10.6 Å². The first kappa shape index (κ1) is 15.4. The summed E-state index contributed by atoms with van der Waals surface area (Å²) in [5.41, 5.74) is 1.43.